The number of hydrogen-bond acceptors (Lipinski definition) is 10. The molecular formula is C49H61N6O7PS. The molecular weight excluding hydrogens is 848 g/mol. The Morgan fingerprint density at radius 2 is 1.88 bits per heavy atom. The number of allylic oxidation sites excluding steroid dienone is 1. The number of hydrogen-bond donors (Lipinski definition) is 4. The molecule has 9 atom stereocenters. The number of carbonyl (C=O) groups is 3. The maximum atomic E-state index is 15.0. The molecule has 15 heteroatoms. The summed E-state index contributed by atoms with van der Waals surface area (Å²) in [6.07, 6.45) is 12.5. The first-order valence-electron chi connectivity index (χ1n) is 23.2. The molecule has 4 N–H and O–H groups in total. The molecule has 64 heavy (non-hydrogen) atoms. The number of carbonyl (C=O) groups excluding carboxylic acids is 3. The summed E-state index contributed by atoms with van der Waals surface area (Å²) >= 11 is 1.49. The van der Waals surface area contributed by atoms with Gasteiger partial charge >= 0.3 is 0 Å². The summed E-state index contributed by atoms with van der Waals surface area (Å²) in [5.74, 6) is 1.45. The van der Waals surface area contributed by atoms with E-state index in [-0.39, 0.29) is 42.9 Å². The van der Waals surface area contributed by atoms with Crippen molar-refractivity contribution in [3.8, 4) is 22.9 Å². The van der Waals surface area contributed by atoms with Crippen LogP contribution in [0.4, 0.5) is 5.13 Å². The number of benzene rings is 2. The van der Waals surface area contributed by atoms with Crippen molar-refractivity contribution in [2.75, 3.05) is 19.0 Å². The van der Waals surface area contributed by atoms with Crippen LogP contribution >= 0.6 is 18.7 Å². The van der Waals surface area contributed by atoms with Crippen molar-refractivity contribution in [3.05, 3.63) is 77.7 Å². The predicted octanol–water partition coefficient (Wildman–Crippen LogP) is 8.67. The number of fused-ring (bicyclic) bond motifs is 5. The summed E-state index contributed by atoms with van der Waals surface area (Å²) in [6, 6.07) is 14.9. The summed E-state index contributed by atoms with van der Waals surface area (Å²) in [5.41, 5.74) is 2.60. The van der Waals surface area contributed by atoms with E-state index in [0.29, 0.717) is 71.0 Å². The number of amides is 3. The van der Waals surface area contributed by atoms with Gasteiger partial charge in [0.15, 0.2) is 5.13 Å². The third kappa shape index (κ3) is 9.47. The number of nitrogens with zero attached hydrogens (tertiary/aromatic N) is 3. The maximum absolute atomic E-state index is 15.0. The van der Waals surface area contributed by atoms with Gasteiger partial charge < -0.3 is 35.2 Å². The highest BCUT2D eigenvalue weighted by atomic mass is 32.1. The molecule has 4 fully saturated rings. The summed E-state index contributed by atoms with van der Waals surface area (Å²) in [6.45, 7) is 4.18. The lowest BCUT2D eigenvalue weighted by Gasteiger charge is -2.31. The Morgan fingerprint density at radius 1 is 1.03 bits per heavy atom. The minimum absolute atomic E-state index is 0.0707. The van der Waals surface area contributed by atoms with Gasteiger partial charge in [0, 0.05) is 47.7 Å². The Hall–Kier alpha value is -4.78. The van der Waals surface area contributed by atoms with Crippen LogP contribution in [0.15, 0.2) is 72.1 Å². The van der Waals surface area contributed by atoms with Crippen LogP contribution in [0.3, 0.4) is 0 Å². The number of methoxy groups -OCH3 is 1. The van der Waals surface area contributed by atoms with Gasteiger partial charge in [0.25, 0.3) is 0 Å². The SMILES string of the molecule is COc1ccc2c(O[C@@H]3C[C@H]4C(=O)N[C@]5(P(=O)(O)Cc6ccccc6)C[C@H]5C=CCCCCC[C@H](NC(=O)CC5CC6CCC5C6)C(=O)N4C3)cc(-c3csc(NC(C)C)n3)nc2c1. The highest BCUT2D eigenvalue weighted by molar-refractivity contribution is 7.59. The molecule has 2 bridgehead atoms. The van der Waals surface area contributed by atoms with E-state index in [2.05, 4.69) is 35.9 Å². The third-order valence-electron chi connectivity index (χ3n) is 14.2. The maximum Gasteiger partial charge on any atom is 0.245 e. The monoisotopic (exact) mass is 908 g/mol. The Bertz CT molecular complexity index is 2450. The highest BCUT2D eigenvalue weighted by Gasteiger charge is 2.66. The average molecular weight is 909 g/mol. The van der Waals surface area contributed by atoms with Crippen LogP contribution in [0.2, 0.25) is 0 Å². The van der Waals surface area contributed by atoms with Gasteiger partial charge in [0.1, 0.15) is 40.7 Å². The molecule has 0 radical (unpaired) electrons. The van der Waals surface area contributed by atoms with Crippen LogP contribution < -0.4 is 25.4 Å². The van der Waals surface area contributed by atoms with Crippen molar-refractivity contribution in [1.82, 2.24) is 25.5 Å². The van der Waals surface area contributed by atoms with Crippen LogP contribution in [0.25, 0.3) is 22.3 Å². The first-order chi connectivity index (χ1) is 30.9. The average Bonchev–Trinajstić information content (AvgIpc) is 3.80. The Morgan fingerprint density at radius 3 is 2.64 bits per heavy atom. The lowest BCUT2D eigenvalue weighted by atomic mass is 9.86. The fraction of sp³-hybridized carbons (Fsp3) is 0.531. The largest absolute Gasteiger partial charge is 0.497 e. The smallest absolute Gasteiger partial charge is 0.245 e. The molecule has 1 saturated heterocycles. The molecule has 4 unspecified atom stereocenters. The number of thiazole rings is 1. The number of aromatic nitrogens is 2. The van der Waals surface area contributed by atoms with E-state index in [1.54, 1.807) is 12.0 Å². The standard InChI is InChI=1S/C49H61N6O7PS/c1-30(2)50-48-53-42(29-64-48)41-25-44(38-19-18-36(61-3)23-40(38)51-41)62-37-24-43-46(57)54-49(63(59,60)28-31-12-8-7-9-13-31)26-35(49)14-10-5-4-6-11-15-39(47(58)55(43)27-37)52-45(56)22-34-21-32-16-17-33(34)20-32/h7-10,12-14,18-19,23,25,29-30,32-35,37,39,43H,4-6,11,15-17,20-22,24,26-28H2,1-3H3,(H,50,53)(H,52,56)(H,54,57)(H,59,60)/t32?,33?,34?,35-,37-,39+,43+,49+/m1/s1. The minimum Gasteiger partial charge on any atom is -0.497 e. The van der Waals surface area contributed by atoms with Crippen LogP contribution in [0.1, 0.15) is 96.5 Å². The highest BCUT2D eigenvalue weighted by Crippen LogP contribution is 2.71. The van der Waals surface area contributed by atoms with Crippen molar-refractivity contribution in [2.45, 2.75) is 127 Å². The number of ether oxygens (including phenoxy) is 2. The molecule has 340 valence electrons. The number of pyridine rings is 1. The summed E-state index contributed by atoms with van der Waals surface area (Å²) in [4.78, 5) is 67.0. The van der Waals surface area contributed by atoms with Crippen molar-refractivity contribution >= 4 is 52.5 Å². The predicted molar refractivity (Wildman–Crippen MR) is 249 cm³/mol. The first kappa shape index (κ1) is 44.4. The van der Waals surface area contributed by atoms with Gasteiger partial charge in [-0.2, -0.15) is 0 Å². The normalized spacial score (nSPS) is 29.0. The second-order valence-electron chi connectivity index (χ2n) is 19.1. The number of nitrogens with one attached hydrogen (secondary N) is 3. The molecule has 4 aromatic rings. The Kier molecular flexibility index (Phi) is 12.9. The van der Waals surface area contributed by atoms with E-state index in [1.807, 2.05) is 66.1 Å². The van der Waals surface area contributed by atoms with Gasteiger partial charge in [-0.3, -0.25) is 18.9 Å². The summed E-state index contributed by atoms with van der Waals surface area (Å²) < 4.78 is 27.0. The van der Waals surface area contributed by atoms with E-state index < -0.39 is 36.7 Å². The summed E-state index contributed by atoms with van der Waals surface area (Å²) in [7, 11) is -2.45. The van der Waals surface area contributed by atoms with Crippen LogP contribution in [-0.2, 0) is 25.1 Å². The number of rotatable bonds is 12. The molecule has 13 nitrogen and oxygen atoms in total. The second kappa shape index (κ2) is 18.6. The third-order valence-corrected chi connectivity index (χ3v) is 17.6. The molecule has 2 aliphatic heterocycles. The van der Waals surface area contributed by atoms with Crippen molar-refractivity contribution in [1.29, 1.82) is 0 Å². The fourth-order valence-corrected chi connectivity index (χ4v) is 14.0. The zero-order chi connectivity index (χ0) is 44.6. The lowest BCUT2D eigenvalue weighted by Crippen LogP contribution is -2.55. The van der Waals surface area contributed by atoms with Crippen LogP contribution in [0.5, 0.6) is 11.5 Å². The fourth-order valence-electron chi connectivity index (χ4n) is 10.8. The van der Waals surface area contributed by atoms with Crippen LogP contribution in [0, 0.1) is 23.7 Å². The van der Waals surface area contributed by atoms with E-state index in [9.17, 15) is 19.0 Å². The minimum atomic E-state index is -4.05. The Labute approximate surface area is 379 Å². The quantitative estimate of drug-likeness (QED) is 0.0797. The zero-order valence-corrected chi connectivity index (χ0v) is 38.8. The van der Waals surface area contributed by atoms with Crippen molar-refractivity contribution in [2.24, 2.45) is 23.7 Å². The zero-order valence-electron chi connectivity index (χ0n) is 37.0. The molecule has 5 aliphatic rings. The molecule has 0 spiro atoms. The molecule has 2 aromatic heterocycles. The van der Waals surface area contributed by atoms with E-state index in [0.717, 1.165) is 42.6 Å². The van der Waals surface area contributed by atoms with Gasteiger partial charge in [-0.25, -0.2) is 9.97 Å². The number of anilines is 1. The second-order valence-corrected chi connectivity index (χ2v) is 22.5. The van der Waals surface area contributed by atoms with Gasteiger partial charge in [-0.15, -0.1) is 11.3 Å². The molecule has 2 aromatic carbocycles. The Balaban J connectivity index is 1.04. The molecule has 3 aliphatic carbocycles. The molecule has 9 rings (SSSR count). The van der Waals surface area contributed by atoms with Gasteiger partial charge in [-0.05, 0) is 94.2 Å². The van der Waals surface area contributed by atoms with Gasteiger partial charge in [-0.1, -0.05) is 61.7 Å². The first-order valence-corrected chi connectivity index (χ1v) is 25.9. The van der Waals surface area contributed by atoms with E-state index in [1.165, 1.54) is 30.6 Å². The summed E-state index contributed by atoms with van der Waals surface area (Å²) in [5, 5.41) is 11.7. The van der Waals surface area contributed by atoms with Crippen LogP contribution in [-0.4, -0.2) is 80.6 Å². The molecule has 4 heterocycles. The van der Waals surface area contributed by atoms with Crippen molar-refractivity contribution in [3.63, 3.8) is 0 Å². The van der Waals surface area contributed by atoms with Gasteiger partial charge in [0.05, 0.1) is 31.0 Å². The lowest BCUT2D eigenvalue weighted by molar-refractivity contribution is -0.142. The van der Waals surface area contributed by atoms with Gasteiger partial charge in [0.2, 0.25) is 25.1 Å². The van der Waals surface area contributed by atoms with Crippen molar-refractivity contribution < 1.29 is 33.3 Å². The molecule has 3 saturated carbocycles. The molecule has 3 amide bonds. The van der Waals surface area contributed by atoms with E-state index in [4.69, 9.17) is 19.4 Å². The topological polar surface area (TPSA) is 172 Å². The van der Waals surface area contributed by atoms with E-state index >= 15 is 4.79 Å².